The van der Waals surface area contributed by atoms with E-state index >= 15 is 0 Å². The highest BCUT2D eigenvalue weighted by molar-refractivity contribution is 5.69. The van der Waals surface area contributed by atoms with E-state index in [4.69, 9.17) is 0 Å². The first-order chi connectivity index (χ1) is 6.83. The summed E-state index contributed by atoms with van der Waals surface area (Å²) in [6.45, 7) is 1.35. The van der Waals surface area contributed by atoms with Crippen LogP contribution in [0.1, 0.15) is 12.0 Å². The molecule has 0 spiro atoms. The lowest BCUT2D eigenvalue weighted by Gasteiger charge is -2.02. The maximum absolute atomic E-state index is 10.7. The minimum Gasteiger partial charge on any atom is -0.469 e. The number of rotatable bonds is 5. The van der Waals surface area contributed by atoms with Crippen LogP contribution >= 0.6 is 0 Å². The molecule has 14 heavy (non-hydrogen) atoms. The standard InChI is InChI=1S/C10H14N2O2/c1-14-10(13)4-6-12-8-9-3-2-5-11-7-9/h2-3,5,7,12H,4,6,8H2,1H3. The number of methoxy groups -OCH3 is 1. The lowest BCUT2D eigenvalue weighted by atomic mass is 10.3. The van der Waals surface area contributed by atoms with Crippen LogP contribution in [0.5, 0.6) is 0 Å². The van der Waals surface area contributed by atoms with Crippen molar-refractivity contribution >= 4 is 5.97 Å². The summed E-state index contributed by atoms with van der Waals surface area (Å²) >= 11 is 0. The Labute approximate surface area is 83.3 Å². The van der Waals surface area contributed by atoms with E-state index in [1.165, 1.54) is 7.11 Å². The van der Waals surface area contributed by atoms with Crippen molar-refractivity contribution < 1.29 is 9.53 Å². The number of ether oxygens (including phenoxy) is 1. The van der Waals surface area contributed by atoms with Gasteiger partial charge in [0.2, 0.25) is 0 Å². The number of aromatic nitrogens is 1. The van der Waals surface area contributed by atoms with Crippen molar-refractivity contribution in [2.24, 2.45) is 0 Å². The zero-order valence-electron chi connectivity index (χ0n) is 8.19. The topological polar surface area (TPSA) is 51.2 Å². The molecule has 0 amide bonds. The lowest BCUT2D eigenvalue weighted by molar-refractivity contribution is -0.140. The Morgan fingerprint density at radius 2 is 2.50 bits per heavy atom. The van der Waals surface area contributed by atoms with E-state index in [-0.39, 0.29) is 5.97 Å². The third-order valence-electron chi connectivity index (χ3n) is 1.79. The molecule has 4 nitrogen and oxygen atoms in total. The number of pyridine rings is 1. The minimum atomic E-state index is -0.191. The summed E-state index contributed by atoms with van der Waals surface area (Å²) in [5.41, 5.74) is 1.11. The van der Waals surface area contributed by atoms with Gasteiger partial charge in [0.1, 0.15) is 0 Å². The third kappa shape index (κ3) is 4.00. The van der Waals surface area contributed by atoms with Crippen molar-refractivity contribution in [1.82, 2.24) is 10.3 Å². The zero-order chi connectivity index (χ0) is 10.2. The smallest absolute Gasteiger partial charge is 0.306 e. The molecule has 0 aliphatic rings. The van der Waals surface area contributed by atoms with Gasteiger partial charge in [0.05, 0.1) is 13.5 Å². The van der Waals surface area contributed by atoms with Gasteiger partial charge in [-0.05, 0) is 11.6 Å². The molecule has 0 atom stereocenters. The summed E-state index contributed by atoms with van der Waals surface area (Å²) in [4.78, 5) is 14.7. The Morgan fingerprint density at radius 1 is 1.64 bits per heavy atom. The van der Waals surface area contributed by atoms with E-state index in [9.17, 15) is 4.79 Å². The first kappa shape index (κ1) is 10.7. The van der Waals surface area contributed by atoms with E-state index < -0.39 is 0 Å². The Bertz CT molecular complexity index is 275. The second-order valence-electron chi connectivity index (χ2n) is 2.86. The highest BCUT2D eigenvalue weighted by Gasteiger charge is 1.98. The van der Waals surface area contributed by atoms with Crippen LogP contribution in [-0.2, 0) is 16.1 Å². The molecule has 0 fully saturated rings. The molecule has 0 aliphatic heterocycles. The third-order valence-corrected chi connectivity index (χ3v) is 1.79. The second kappa shape index (κ2) is 6.10. The van der Waals surface area contributed by atoms with Gasteiger partial charge in [0, 0.05) is 25.5 Å². The summed E-state index contributed by atoms with van der Waals surface area (Å²) in [5.74, 6) is -0.191. The van der Waals surface area contributed by atoms with Crippen molar-refractivity contribution in [3.63, 3.8) is 0 Å². The average molecular weight is 194 g/mol. The fraction of sp³-hybridized carbons (Fsp3) is 0.400. The van der Waals surface area contributed by atoms with Crippen LogP contribution in [0.25, 0.3) is 0 Å². The highest BCUT2D eigenvalue weighted by Crippen LogP contribution is 1.94. The predicted molar refractivity (Wildman–Crippen MR) is 52.6 cm³/mol. The van der Waals surface area contributed by atoms with Gasteiger partial charge in [-0.1, -0.05) is 6.07 Å². The second-order valence-corrected chi connectivity index (χ2v) is 2.86. The molecule has 0 saturated carbocycles. The van der Waals surface area contributed by atoms with E-state index in [1.54, 1.807) is 12.4 Å². The molecular weight excluding hydrogens is 180 g/mol. The number of esters is 1. The molecule has 1 aromatic rings. The van der Waals surface area contributed by atoms with Gasteiger partial charge >= 0.3 is 5.97 Å². The number of carbonyl (C=O) groups excluding carboxylic acids is 1. The van der Waals surface area contributed by atoms with Crippen molar-refractivity contribution in [3.8, 4) is 0 Å². The van der Waals surface area contributed by atoms with E-state index in [2.05, 4.69) is 15.0 Å². The number of nitrogens with one attached hydrogen (secondary N) is 1. The molecule has 0 unspecified atom stereocenters. The van der Waals surface area contributed by atoms with Crippen LogP contribution in [0.3, 0.4) is 0 Å². The highest BCUT2D eigenvalue weighted by atomic mass is 16.5. The van der Waals surface area contributed by atoms with E-state index in [0.717, 1.165) is 12.1 Å². The molecule has 1 heterocycles. The molecule has 0 aliphatic carbocycles. The van der Waals surface area contributed by atoms with Gasteiger partial charge in [-0.15, -0.1) is 0 Å². The van der Waals surface area contributed by atoms with Crippen molar-refractivity contribution in [2.45, 2.75) is 13.0 Å². The average Bonchev–Trinajstić information content (AvgIpc) is 2.25. The molecule has 1 N–H and O–H groups in total. The molecule has 0 saturated heterocycles. The Kier molecular flexibility index (Phi) is 4.64. The molecular formula is C10H14N2O2. The van der Waals surface area contributed by atoms with Crippen LogP contribution in [0.2, 0.25) is 0 Å². The summed E-state index contributed by atoms with van der Waals surface area (Å²) in [5, 5.41) is 3.13. The first-order valence-electron chi connectivity index (χ1n) is 4.49. The molecule has 0 radical (unpaired) electrons. The normalized spacial score (nSPS) is 9.79. The first-order valence-corrected chi connectivity index (χ1v) is 4.49. The monoisotopic (exact) mass is 194 g/mol. The van der Waals surface area contributed by atoms with Gasteiger partial charge < -0.3 is 10.1 Å². The summed E-state index contributed by atoms with van der Waals surface area (Å²) in [7, 11) is 1.39. The lowest BCUT2D eigenvalue weighted by Crippen LogP contribution is -2.18. The SMILES string of the molecule is COC(=O)CCNCc1cccnc1. The van der Waals surface area contributed by atoms with Crippen LogP contribution < -0.4 is 5.32 Å². The Morgan fingerprint density at radius 3 is 3.14 bits per heavy atom. The van der Waals surface area contributed by atoms with E-state index in [0.29, 0.717) is 13.0 Å². The molecule has 4 heteroatoms. The summed E-state index contributed by atoms with van der Waals surface area (Å²) < 4.78 is 4.51. The molecule has 76 valence electrons. The number of hydrogen-bond donors (Lipinski definition) is 1. The van der Waals surface area contributed by atoms with Gasteiger partial charge in [0.15, 0.2) is 0 Å². The van der Waals surface area contributed by atoms with Crippen LogP contribution in [0.15, 0.2) is 24.5 Å². The van der Waals surface area contributed by atoms with Crippen molar-refractivity contribution in [3.05, 3.63) is 30.1 Å². The fourth-order valence-corrected chi connectivity index (χ4v) is 1.03. The predicted octanol–water partition coefficient (Wildman–Crippen LogP) is 0.734. The quantitative estimate of drug-likeness (QED) is 0.554. The molecule has 1 aromatic heterocycles. The van der Waals surface area contributed by atoms with Gasteiger partial charge in [0.25, 0.3) is 0 Å². The molecule has 0 bridgehead atoms. The van der Waals surface area contributed by atoms with E-state index in [1.807, 2.05) is 12.1 Å². The molecule has 0 aromatic carbocycles. The summed E-state index contributed by atoms with van der Waals surface area (Å²) in [6.07, 6.45) is 3.93. The maximum atomic E-state index is 10.7. The summed E-state index contributed by atoms with van der Waals surface area (Å²) in [6, 6.07) is 3.87. The van der Waals surface area contributed by atoms with Crippen LogP contribution in [0.4, 0.5) is 0 Å². The Hall–Kier alpha value is -1.42. The number of carbonyl (C=O) groups is 1. The van der Waals surface area contributed by atoms with Gasteiger partial charge in [-0.3, -0.25) is 9.78 Å². The fourth-order valence-electron chi connectivity index (χ4n) is 1.03. The number of nitrogens with zero attached hydrogens (tertiary/aromatic N) is 1. The largest absolute Gasteiger partial charge is 0.469 e. The zero-order valence-corrected chi connectivity index (χ0v) is 8.19. The number of hydrogen-bond acceptors (Lipinski definition) is 4. The maximum Gasteiger partial charge on any atom is 0.306 e. The van der Waals surface area contributed by atoms with Crippen molar-refractivity contribution in [2.75, 3.05) is 13.7 Å². The minimum absolute atomic E-state index is 0.191. The van der Waals surface area contributed by atoms with Gasteiger partial charge in [-0.2, -0.15) is 0 Å². The Balaban J connectivity index is 2.13. The molecule has 1 rings (SSSR count). The van der Waals surface area contributed by atoms with Gasteiger partial charge in [-0.25, -0.2) is 0 Å². The van der Waals surface area contributed by atoms with Crippen LogP contribution in [0, 0.1) is 0 Å². The van der Waals surface area contributed by atoms with Crippen LogP contribution in [-0.4, -0.2) is 24.6 Å². The van der Waals surface area contributed by atoms with Crippen molar-refractivity contribution in [1.29, 1.82) is 0 Å².